The Morgan fingerprint density at radius 2 is 1.63 bits per heavy atom. The minimum absolute atomic E-state index is 0.599. The third-order valence-corrected chi connectivity index (χ3v) is 3.62. The summed E-state index contributed by atoms with van der Waals surface area (Å²) >= 11 is 0. The van der Waals surface area contributed by atoms with Crippen molar-refractivity contribution < 1.29 is 0 Å². The predicted octanol–water partition coefficient (Wildman–Crippen LogP) is 4.46. The minimum atomic E-state index is 0.599. The lowest BCUT2D eigenvalue weighted by Crippen LogP contribution is -1.97. The second kappa shape index (κ2) is 6.53. The summed E-state index contributed by atoms with van der Waals surface area (Å²) in [4.78, 5) is 0. The van der Waals surface area contributed by atoms with Gasteiger partial charge in [0.1, 0.15) is 0 Å². The van der Waals surface area contributed by atoms with E-state index in [2.05, 4.69) is 56.3 Å². The van der Waals surface area contributed by atoms with Crippen LogP contribution in [-0.2, 0) is 13.0 Å². The summed E-state index contributed by atoms with van der Waals surface area (Å²) < 4.78 is 0. The molecule has 1 nitrogen and oxygen atoms in total. The molecule has 0 amide bonds. The van der Waals surface area contributed by atoms with Crippen LogP contribution in [-0.4, -0.2) is 0 Å². The van der Waals surface area contributed by atoms with Crippen LogP contribution >= 0.6 is 0 Å². The Bertz CT molecular complexity index is 526. The maximum atomic E-state index is 5.73. The van der Waals surface area contributed by atoms with Crippen molar-refractivity contribution in [3.8, 4) is 11.1 Å². The molecule has 0 bridgehead atoms. The summed E-state index contributed by atoms with van der Waals surface area (Å²) in [5, 5.41) is 0. The fourth-order valence-corrected chi connectivity index (χ4v) is 2.34. The molecule has 0 fully saturated rings. The summed E-state index contributed by atoms with van der Waals surface area (Å²) in [6.45, 7) is 4.98. The van der Waals surface area contributed by atoms with E-state index in [1.807, 2.05) is 0 Å². The van der Waals surface area contributed by atoms with Crippen LogP contribution in [0.1, 0.15) is 36.5 Å². The Balaban J connectivity index is 2.26. The molecular formula is C18H23N. The Labute approximate surface area is 116 Å². The average molecular weight is 253 g/mol. The molecule has 2 N–H and O–H groups in total. The molecule has 2 aromatic carbocycles. The lowest BCUT2D eigenvalue weighted by molar-refractivity contribution is 0.795. The predicted molar refractivity (Wildman–Crippen MR) is 83.1 cm³/mol. The first-order valence-corrected chi connectivity index (χ1v) is 7.13. The maximum absolute atomic E-state index is 5.73. The lowest BCUT2D eigenvalue weighted by atomic mass is 9.96. The van der Waals surface area contributed by atoms with E-state index in [4.69, 9.17) is 5.73 Å². The highest BCUT2D eigenvalue weighted by Gasteiger charge is 2.03. The highest BCUT2D eigenvalue weighted by atomic mass is 14.5. The quantitative estimate of drug-likeness (QED) is 0.836. The maximum Gasteiger partial charge on any atom is 0.0178 e. The van der Waals surface area contributed by atoms with Crippen LogP contribution in [0.25, 0.3) is 11.1 Å². The fraction of sp³-hybridized carbons (Fsp3) is 0.333. The van der Waals surface area contributed by atoms with Crippen molar-refractivity contribution in [3.63, 3.8) is 0 Å². The van der Waals surface area contributed by atoms with Gasteiger partial charge >= 0.3 is 0 Å². The normalized spacial score (nSPS) is 10.7. The molecule has 0 saturated carbocycles. The van der Waals surface area contributed by atoms with Gasteiger partial charge < -0.3 is 5.73 Å². The number of hydrogen-bond donors (Lipinski definition) is 1. The summed E-state index contributed by atoms with van der Waals surface area (Å²) in [5.74, 6) is 0. The van der Waals surface area contributed by atoms with Crippen molar-refractivity contribution in [1.29, 1.82) is 0 Å². The standard InChI is InChI=1S/C18H23N/c1-3-4-5-15-8-10-17(11-9-15)18-12-16(13-19)7-6-14(18)2/h6-12H,3-5,13,19H2,1-2H3. The van der Waals surface area contributed by atoms with Crippen LogP contribution in [0.3, 0.4) is 0 Å². The Hall–Kier alpha value is -1.60. The molecule has 0 radical (unpaired) electrons. The number of nitrogens with two attached hydrogens (primary N) is 1. The fourth-order valence-electron chi connectivity index (χ4n) is 2.34. The largest absolute Gasteiger partial charge is 0.326 e. The Kier molecular flexibility index (Phi) is 4.75. The van der Waals surface area contributed by atoms with Crippen molar-refractivity contribution in [2.75, 3.05) is 0 Å². The van der Waals surface area contributed by atoms with Crippen LogP contribution in [0.5, 0.6) is 0 Å². The van der Waals surface area contributed by atoms with Crippen LogP contribution < -0.4 is 5.73 Å². The van der Waals surface area contributed by atoms with Crippen molar-refractivity contribution in [2.45, 2.75) is 39.7 Å². The van der Waals surface area contributed by atoms with E-state index >= 15 is 0 Å². The van der Waals surface area contributed by atoms with E-state index in [1.54, 1.807) is 0 Å². The third kappa shape index (κ3) is 3.45. The van der Waals surface area contributed by atoms with Gasteiger partial charge in [-0.05, 0) is 53.6 Å². The van der Waals surface area contributed by atoms with Crippen molar-refractivity contribution in [2.24, 2.45) is 5.73 Å². The first-order valence-electron chi connectivity index (χ1n) is 7.13. The molecule has 1 heteroatoms. The summed E-state index contributed by atoms with van der Waals surface area (Å²) in [5.41, 5.74) is 12.2. The average Bonchev–Trinajstić information content (AvgIpc) is 2.46. The molecule has 0 aliphatic heterocycles. The summed E-state index contributed by atoms with van der Waals surface area (Å²) in [6, 6.07) is 15.4. The van der Waals surface area contributed by atoms with Crippen LogP contribution in [0.4, 0.5) is 0 Å². The van der Waals surface area contributed by atoms with Crippen LogP contribution in [0, 0.1) is 6.92 Å². The van der Waals surface area contributed by atoms with Gasteiger partial charge in [-0.25, -0.2) is 0 Å². The zero-order valence-electron chi connectivity index (χ0n) is 11.9. The van der Waals surface area contributed by atoms with E-state index < -0.39 is 0 Å². The second-order valence-corrected chi connectivity index (χ2v) is 5.15. The first-order chi connectivity index (χ1) is 9.24. The van der Waals surface area contributed by atoms with Gasteiger partial charge in [0.05, 0.1) is 0 Å². The number of unbranched alkanes of at least 4 members (excludes halogenated alkanes) is 1. The van der Waals surface area contributed by atoms with Gasteiger partial charge in [-0.3, -0.25) is 0 Å². The van der Waals surface area contributed by atoms with Crippen LogP contribution in [0.15, 0.2) is 42.5 Å². The van der Waals surface area contributed by atoms with Gasteiger partial charge in [0.2, 0.25) is 0 Å². The molecule has 0 aromatic heterocycles. The number of hydrogen-bond acceptors (Lipinski definition) is 1. The molecule has 0 unspecified atom stereocenters. The molecular weight excluding hydrogens is 230 g/mol. The smallest absolute Gasteiger partial charge is 0.0178 e. The lowest BCUT2D eigenvalue weighted by Gasteiger charge is -2.09. The molecule has 0 saturated heterocycles. The molecule has 0 aliphatic carbocycles. The van der Waals surface area contributed by atoms with Gasteiger partial charge in [-0.2, -0.15) is 0 Å². The van der Waals surface area contributed by atoms with E-state index in [0.717, 1.165) is 0 Å². The molecule has 0 atom stereocenters. The van der Waals surface area contributed by atoms with E-state index in [-0.39, 0.29) is 0 Å². The zero-order chi connectivity index (χ0) is 13.7. The number of aryl methyl sites for hydroxylation is 2. The zero-order valence-corrected chi connectivity index (χ0v) is 11.9. The van der Waals surface area contributed by atoms with Crippen molar-refractivity contribution in [3.05, 3.63) is 59.2 Å². The van der Waals surface area contributed by atoms with E-state index in [1.165, 1.54) is 47.1 Å². The molecule has 19 heavy (non-hydrogen) atoms. The van der Waals surface area contributed by atoms with E-state index in [0.29, 0.717) is 6.54 Å². The van der Waals surface area contributed by atoms with Crippen molar-refractivity contribution >= 4 is 0 Å². The topological polar surface area (TPSA) is 26.0 Å². The van der Waals surface area contributed by atoms with E-state index in [9.17, 15) is 0 Å². The molecule has 2 aromatic rings. The van der Waals surface area contributed by atoms with Gasteiger partial charge in [0, 0.05) is 6.54 Å². The second-order valence-electron chi connectivity index (χ2n) is 5.15. The molecule has 0 spiro atoms. The van der Waals surface area contributed by atoms with Crippen LogP contribution in [0.2, 0.25) is 0 Å². The first kappa shape index (κ1) is 13.8. The van der Waals surface area contributed by atoms with Crippen molar-refractivity contribution in [1.82, 2.24) is 0 Å². The highest BCUT2D eigenvalue weighted by Crippen LogP contribution is 2.25. The SMILES string of the molecule is CCCCc1ccc(-c2cc(CN)ccc2C)cc1. The Morgan fingerprint density at radius 1 is 0.947 bits per heavy atom. The monoisotopic (exact) mass is 253 g/mol. The molecule has 0 heterocycles. The molecule has 100 valence electrons. The third-order valence-electron chi connectivity index (χ3n) is 3.62. The minimum Gasteiger partial charge on any atom is -0.326 e. The van der Waals surface area contributed by atoms with Gasteiger partial charge in [0.15, 0.2) is 0 Å². The molecule has 0 aliphatic rings. The van der Waals surface area contributed by atoms with Gasteiger partial charge in [-0.15, -0.1) is 0 Å². The molecule has 2 rings (SSSR count). The Morgan fingerprint density at radius 3 is 2.26 bits per heavy atom. The summed E-state index contributed by atoms with van der Waals surface area (Å²) in [7, 11) is 0. The van der Waals surface area contributed by atoms with Gasteiger partial charge in [-0.1, -0.05) is 49.7 Å². The summed E-state index contributed by atoms with van der Waals surface area (Å²) in [6.07, 6.45) is 3.69. The number of benzene rings is 2. The van der Waals surface area contributed by atoms with Gasteiger partial charge in [0.25, 0.3) is 0 Å². The highest BCUT2D eigenvalue weighted by molar-refractivity contribution is 5.68. The number of rotatable bonds is 5.